The van der Waals surface area contributed by atoms with Crippen molar-refractivity contribution < 1.29 is 9.90 Å². The van der Waals surface area contributed by atoms with E-state index in [1.165, 1.54) is 19.3 Å². The third-order valence-electron chi connectivity index (χ3n) is 4.93. The van der Waals surface area contributed by atoms with Crippen LogP contribution in [0, 0.1) is 22.7 Å². The summed E-state index contributed by atoms with van der Waals surface area (Å²) in [5.74, 6) is 0.197. The van der Waals surface area contributed by atoms with Crippen LogP contribution < -0.4 is 0 Å². The van der Waals surface area contributed by atoms with E-state index in [4.69, 9.17) is 5.11 Å². The van der Waals surface area contributed by atoms with Crippen LogP contribution in [0.2, 0.25) is 0 Å². The maximum atomic E-state index is 11.0. The first-order valence-electron chi connectivity index (χ1n) is 6.58. The maximum absolute atomic E-state index is 11.0. The van der Waals surface area contributed by atoms with Crippen molar-refractivity contribution in [2.75, 3.05) is 0 Å². The van der Waals surface area contributed by atoms with E-state index in [0.717, 1.165) is 25.2 Å². The van der Waals surface area contributed by atoms with Crippen LogP contribution in [-0.4, -0.2) is 11.1 Å². The minimum Gasteiger partial charge on any atom is -0.481 e. The molecule has 0 aliphatic heterocycles. The van der Waals surface area contributed by atoms with E-state index in [1.54, 1.807) is 0 Å². The Balaban J connectivity index is 1.98. The summed E-state index contributed by atoms with van der Waals surface area (Å²) >= 11 is 0. The summed E-state index contributed by atoms with van der Waals surface area (Å²) in [6.07, 6.45) is 6.98. The van der Waals surface area contributed by atoms with E-state index >= 15 is 0 Å². The Morgan fingerprint density at radius 1 is 1.25 bits per heavy atom. The first-order chi connectivity index (χ1) is 7.35. The van der Waals surface area contributed by atoms with Gasteiger partial charge in [0.05, 0.1) is 5.92 Å². The zero-order valence-electron chi connectivity index (χ0n) is 10.8. The minimum atomic E-state index is -0.561. The molecule has 1 N–H and O–H groups in total. The molecular weight excluding hydrogens is 200 g/mol. The molecule has 2 fully saturated rings. The van der Waals surface area contributed by atoms with Gasteiger partial charge in [0, 0.05) is 0 Å². The van der Waals surface area contributed by atoms with Crippen LogP contribution in [-0.2, 0) is 4.79 Å². The van der Waals surface area contributed by atoms with Crippen LogP contribution in [0.1, 0.15) is 59.3 Å². The smallest absolute Gasteiger partial charge is 0.307 e. The zero-order valence-corrected chi connectivity index (χ0v) is 10.8. The molecule has 2 heteroatoms. The predicted octanol–water partition coefficient (Wildman–Crippen LogP) is 3.70. The monoisotopic (exact) mass is 224 g/mol. The van der Waals surface area contributed by atoms with Gasteiger partial charge in [0.1, 0.15) is 0 Å². The van der Waals surface area contributed by atoms with Gasteiger partial charge in [-0.05, 0) is 48.9 Å². The van der Waals surface area contributed by atoms with Crippen LogP contribution in [0.3, 0.4) is 0 Å². The second-order valence-corrected chi connectivity index (χ2v) is 6.95. The zero-order chi connectivity index (χ0) is 12.0. The van der Waals surface area contributed by atoms with Crippen molar-refractivity contribution in [3.8, 4) is 0 Å². The quantitative estimate of drug-likeness (QED) is 0.737. The van der Waals surface area contributed by atoms with Crippen molar-refractivity contribution in [2.24, 2.45) is 22.7 Å². The van der Waals surface area contributed by atoms with Crippen LogP contribution in [0.15, 0.2) is 0 Å². The number of carboxylic acid groups (broad SMARTS) is 1. The van der Waals surface area contributed by atoms with Crippen LogP contribution in [0.25, 0.3) is 0 Å². The number of hydrogen-bond donors (Lipinski definition) is 1. The maximum Gasteiger partial charge on any atom is 0.307 e. The lowest BCUT2D eigenvalue weighted by Crippen LogP contribution is -2.20. The molecule has 0 aromatic rings. The summed E-state index contributed by atoms with van der Waals surface area (Å²) in [6.45, 7) is 6.95. The van der Waals surface area contributed by atoms with E-state index < -0.39 is 5.97 Å². The Hall–Kier alpha value is -0.530. The van der Waals surface area contributed by atoms with Gasteiger partial charge in [-0.1, -0.05) is 27.2 Å². The highest BCUT2D eigenvalue weighted by Gasteiger charge is 2.58. The van der Waals surface area contributed by atoms with Gasteiger partial charge in [-0.15, -0.1) is 0 Å². The average molecular weight is 224 g/mol. The highest BCUT2D eigenvalue weighted by atomic mass is 16.4. The van der Waals surface area contributed by atoms with E-state index in [0.29, 0.717) is 5.41 Å². The molecule has 0 bridgehead atoms. The van der Waals surface area contributed by atoms with Crippen LogP contribution in [0.4, 0.5) is 0 Å². The van der Waals surface area contributed by atoms with Crippen molar-refractivity contribution in [3.63, 3.8) is 0 Å². The van der Waals surface area contributed by atoms with E-state index in [-0.39, 0.29) is 11.3 Å². The number of carboxylic acids is 1. The number of hydrogen-bond acceptors (Lipinski definition) is 1. The first kappa shape index (κ1) is 11.9. The van der Waals surface area contributed by atoms with Gasteiger partial charge in [0.2, 0.25) is 0 Å². The molecule has 2 saturated carbocycles. The van der Waals surface area contributed by atoms with Crippen molar-refractivity contribution in [1.29, 1.82) is 0 Å². The number of rotatable bonds is 1. The molecule has 0 radical (unpaired) electrons. The standard InChI is InChI=1S/C14H24O2/c1-13(2,3)10-5-4-7-14(8-6-10)9-11(14)12(15)16/h10-11H,4-9H2,1-3H3,(H,15,16). The molecule has 3 unspecified atom stereocenters. The van der Waals surface area contributed by atoms with Crippen molar-refractivity contribution >= 4 is 5.97 Å². The van der Waals surface area contributed by atoms with Gasteiger partial charge in [0.15, 0.2) is 0 Å². The Labute approximate surface area is 98.4 Å². The molecule has 2 aliphatic carbocycles. The summed E-state index contributed by atoms with van der Waals surface area (Å²) in [5.41, 5.74) is 0.588. The number of aliphatic carboxylic acids is 1. The minimum absolute atomic E-state index is 0.0220. The summed E-state index contributed by atoms with van der Waals surface area (Å²) in [6, 6.07) is 0. The molecule has 1 spiro atoms. The van der Waals surface area contributed by atoms with E-state index in [2.05, 4.69) is 20.8 Å². The van der Waals surface area contributed by atoms with Gasteiger partial charge in [-0.25, -0.2) is 0 Å². The van der Waals surface area contributed by atoms with Gasteiger partial charge in [-0.3, -0.25) is 4.79 Å². The van der Waals surface area contributed by atoms with Gasteiger partial charge in [0.25, 0.3) is 0 Å². The number of carbonyl (C=O) groups is 1. The topological polar surface area (TPSA) is 37.3 Å². The summed E-state index contributed by atoms with van der Waals surface area (Å²) in [7, 11) is 0. The van der Waals surface area contributed by atoms with Gasteiger partial charge in [-0.2, -0.15) is 0 Å². The summed E-state index contributed by atoms with van der Waals surface area (Å²) < 4.78 is 0. The fourth-order valence-corrected chi connectivity index (χ4v) is 3.55. The lowest BCUT2D eigenvalue weighted by Gasteiger charge is -2.29. The van der Waals surface area contributed by atoms with Crippen LogP contribution in [0.5, 0.6) is 0 Å². The predicted molar refractivity (Wildman–Crippen MR) is 64.2 cm³/mol. The molecule has 0 heterocycles. The Kier molecular flexibility index (Phi) is 2.80. The van der Waals surface area contributed by atoms with Crippen molar-refractivity contribution in [2.45, 2.75) is 59.3 Å². The molecule has 0 saturated heterocycles. The molecule has 92 valence electrons. The summed E-state index contributed by atoms with van der Waals surface area (Å²) in [5, 5.41) is 9.09. The molecule has 2 nitrogen and oxygen atoms in total. The highest BCUT2D eigenvalue weighted by molar-refractivity contribution is 5.74. The highest BCUT2D eigenvalue weighted by Crippen LogP contribution is 2.61. The largest absolute Gasteiger partial charge is 0.481 e. The lowest BCUT2D eigenvalue weighted by molar-refractivity contribution is -0.139. The normalized spacial score (nSPS) is 39.4. The second kappa shape index (κ2) is 3.75. The van der Waals surface area contributed by atoms with Gasteiger partial charge >= 0.3 is 5.97 Å². The Bertz CT molecular complexity index is 290. The third-order valence-corrected chi connectivity index (χ3v) is 4.93. The van der Waals surface area contributed by atoms with E-state index in [9.17, 15) is 4.79 Å². The SMILES string of the molecule is CC(C)(C)C1CCCC2(CC1)CC2C(=O)O. The molecule has 0 amide bonds. The third kappa shape index (κ3) is 2.11. The van der Waals surface area contributed by atoms with Crippen LogP contribution >= 0.6 is 0 Å². The molecular formula is C14H24O2. The Morgan fingerprint density at radius 3 is 2.44 bits per heavy atom. The molecule has 2 aliphatic rings. The molecule has 2 rings (SSSR count). The molecule has 0 aromatic heterocycles. The van der Waals surface area contributed by atoms with E-state index in [1.807, 2.05) is 0 Å². The average Bonchev–Trinajstić information content (AvgIpc) is 2.88. The lowest BCUT2D eigenvalue weighted by atomic mass is 9.76. The molecule has 0 aromatic carbocycles. The van der Waals surface area contributed by atoms with Gasteiger partial charge < -0.3 is 5.11 Å². The molecule has 16 heavy (non-hydrogen) atoms. The fraction of sp³-hybridized carbons (Fsp3) is 0.929. The Morgan fingerprint density at radius 2 is 1.94 bits per heavy atom. The second-order valence-electron chi connectivity index (χ2n) is 6.95. The first-order valence-corrected chi connectivity index (χ1v) is 6.58. The summed E-state index contributed by atoms with van der Waals surface area (Å²) in [4.78, 5) is 11.0. The van der Waals surface area contributed by atoms with Crippen molar-refractivity contribution in [1.82, 2.24) is 0 Å². The fourth-order valence-electron chi connectivity index (χ4n) is 3.55. The molecule has 3 atom stereocenters. The van der Waals surface area contributed by atoms with Crippen molar-refractivity contribution in [3.05, 3.63) is 0 Å².